The molecule has 4 heteroatoms. The Kier molecular flexibility index (Phi) is 3.97. The minimum Gasteiger partial charge on any atom is -0.504 e. The smallest absolute Gasteiger partial charge is 0.181 e. The van der Waals surface area contributed by atoms with Gasteiger partial charge in [-0.1, -0.05) is 17.8 Å². The fourth-order valence-electron chi connectivity index (χ4n) is 2.75. The molecule has 0 saturated carbocycles. The van der Waals surface area contributed by atoms with Gasteiger partial charge in [0.15, 0.2) is 11.5 Å². The van der Waals surface area contributed by atoms with E-state index in [2.05, 4.69) is 23.5 Å². The van der Waals surface area contributed by atoms with Crippen LogP contribution in [0.5, 0.6) is 11.5 Å². The molecule has 0 heterocycles. The zero-order valence-corrected chi connectivity index (χ0v) is 12.8. The van der Waals surface area contributed by atoms with Gasteiger partial charge in [-0.15, -0.1) is 0 Å². The van der Waals surface area contributed by atoms with Gasteiger partial charge in [0.05, 0.1) is 5.69 Å². The molecule has 0 saturated heterocycles. The van der Waals surface area contributed by atoms with Crippen molar-refractivity contribution in [1.82, 2.24) is 0 Å². The number of anilines is 1. The second-order valence-corrected chi connectivity index (χ2v) is 6.48. The van der Waals surface area contributed by atoms with E-state index in [4.69, 9.17) is 0 Å². The second-order valence-electron chi connectivity index (χ2n) is 5.33. The number of nitrogens with one attached hydrogen (secondary N) is 1. The lowest BCUT2D eigenvalue weighted by Gasteiger charge is -2.16. The molecule has 0 unspecified atom stereocenters. The van der Waals surface area contributed by atoms with Gasteiger partial charge in [-0.05, 0) is 61.1 Å². The van der Waals surface area contributed by atoms with Gasteiger partial charge in [0.1, 0.15) is 0 Å². The van der Waals surface area contributed by atoms with E-state index in [0.717, 1.165) is 11.3 Å². The Morgan fingerprint density at radius 3 is 2.48 bits per heavy atom. The molecule has 3 nitrogen and oxygen atoms in total. The number of hydrogen-bond donors (Lipinski definition) is 3. The molecule has 0 fully saturated rings. The van der Waals surface area contributed by atoms with Crippen LogP contribution in [0.15, 0.2) is 40.1 Å². The van der Waals surface area contributed by atoms with Crippen LogP contribution >= 0.6 is 11.8 Å². The summed E-state index contributed by atoms with van der Waals surface area (Å²) in [7, 11) is 1.72. The van der Waals surface area contributed by atoms with Gasteiger partial charge in [-0.2, -0.15) is 0 Å². The SMILES string of the molecule is CNc1cc(Sc2ccc3c(c2)CCCC3)cc(O)c1O. The van der Waals surface area contributed by atoms with Gasteiger partial charge < -0.3 is 15.5 Å². The van der Waals surface area contributed by atoms with Crippen molar-refractivity contribution in [2.75, 3.05) is 12.4 Å². The third-order valence-corrected chi connectivity index (χ3v) is 4.85. The summed E-state index contributed by atoms with van der Waals surface area (Å²) in [6, 6.07) is 10.1. The van der Waals surface area contributed by atoms with E-state index < -0.39 is 0 Å². The van der Waals surface area contributed by atoms with Gasteiger partial charge in [-0.3, -0.25) is 0 Å². The highest BCUT2D eigenvalue weighted by Crippen LogP contribution is 2.40. The Bertz CT molecular complexity index is 670. The molecule has 2 aromatic carbocycles. The van der Waals surface area contributed by atoms with E-state index in [0.29, 0.717) is 5.69 Å². The first kappa shape index (κ1) is 14.1. The molecule has 0 bridgehead atoms. The normalized spacial score (nSPS) is 13.8. The minimum absolute atomic E-state index is 0.0951. The van der Waals surface area contributed by atoms with Crippen LogP contribution in [-0.4, -0.2) is 17.3 Å². The molecular weight excluding hydrogens is 282 g/mol. The lowest BCUT2D eigenvalue weighted by atomic mass is 9.92. The van der Waals surface area contributed by atoms with Gasteiger partial charge in [-0.25, -0.2) is 0 Å². The molecule has 2 aromatic rings. The molecule has 1 aliphatic carbocycles. The van der Waals surface area contributed by atoms with Crippen molar-refractivity contribution in [3.8, 4) is 11.5 Å². The largest absolute Gasteiger partial charge is 0.504 e. The number of hydrogen-bond acceptors (Lipinski definition) is 4. The molecule has 110 valence electrons. The van der Waals surface area contributed by atoms with Crippen LogP contribution in [0, 0.1) is 0 Å². The van der Waals surface area contributed by atoms with Crippen LogP contribution < -0.4 is 5.32 Å². The predicted octanol–water partition coefficient (Wildman–Crippen LogP) is 4.17. The summed E-state index contributed by atoms with van der Waals surface area (Å²) in [6.45, 7) is 0. The lowest BCUT2D eigenvalue weighted by molar-refractivity contribution is 0.404. The summed E-state index contributed by atoms with van der Waals surface area (Å²) in [5.41, 5.74) is 3.45. The molecule has 3 rings (SSSR count). The summed E-state index contributed by atoms with van der Waals surface area (Å²) >= 11 is 1.60. The third-order valence-electron chi connectivity index (χ3n) is 3.89. The minimum atomic E-state index is -0.104. The second kappa shape index (κ2) is 5.90. The van der Waals surface area contributed by atoms with Crippen molar-refractivity contribution in [2.24, 2.45) is 0 Å². The van der Waals surface area contributed by atoms with Crippen molar-refractivity contribution >= 4 is 17.4 Å². The van der Waals surface area contributed by atoms with E-state index in [1.165, 1.54) is 35.3 Å². The summed E-state index contributed by atoms with van der Waals surface area (Å²) in [6.07, 6.45) is 4.90. The van der Waals surface area contributed by atoms with E-state index in [1.54, 1.807) is 24.9 Å². The average molecular weight is 301 g/mol. The van der Waals surface area contributed by atoms with Crippen LogP contribution in [0.3, 0.4) is 0 Å². The number of benzene rings is 2. The molecule has 0 atom stereocenters. The first-order chi connectivity index (χ1) is 10.2. The molecule has 0 spiro atoms. The summed E-state index contributed by atoms with van der Waals surface area (Å²) < 4.78 is 0. The van der Waals surface area contributed by atoms with Gasteiger partial charge in [0, 0.05) is 16.8 Å². The predicted molar refractivity (Wildman–Crippen MR) is 86.5 cm³/mol. The average Bonchev–Trinajstić information content (AvgIpc) is 2.50. The lowest BCUT2D eigenvalue weighted by Crippen LogP contribution is -2.01. The Morgan fingerprint density at radius 1 is 0.952 bits per heavy atom. The third kappa shape index (κ3) is 2.95. The Balaban J connectivity index is 1.88. The first-order valence-electron chi connectivity index (χ1n) is 7.21. The number of aryl methyl sites for hydroxylation is 2. The standard InChI is InChI=1S/C17H19NO2S/c1-18-15-9-14(10-16(19)17(15)20)21-13-7-6-11-4-2-3-5-12(11)8-13/h6-10,18-20H,2-5H2,1H3. The van der Waals surface area contributed by atoms with E-state index in [-0.39, 0.29) is 11.5 Å². The maximum Gasteiger partial charge on any atom is 0.181 e. The monoisotopic (exact) mass is 301 g/mol. The van der Waals surface area contributed by atoms with Crippen LogP contribution in [0.25, 0.3) is 0 Å². The number of rotatable bonds is 3. The van der Waals surface area contributed by atoms with Gasteiger partial charge in [0.2, 0.25) is 0 Å². The highest BCUT2D eigenvalue weighted by molar-refractivity contribution is 7.99. The summed E-state index contributed by atoms with van der Waals surface area (Å²) in [5.74, 6) is -0.199. The quantitative estimate of drug-likeness (QED) is 0.745. The Hall–Kier alpha value is -1.81. The molecule has 3 N–H and O–H groups in total. The van der Waals surface area contributed by atoms with Crippen LogP contribution in [-0.2, 0) is 12.8 Å². The zero-order valence-electron chi connectivity index (χ0n) is 12.0. The fraction of sp³-hybridized carbons (Fsp3) is 0.294. The van der Waals surface area contributed by atoms with E-state index in [1.807, 2.05) is 6.07 Å². The number of aromatic hydroxyl groups is 2. The molecule has 1 aliphatic rings. The molecule has 0 amide bonds. The summed E-state index contributed by atoms with van der Waals surface area (Å²) in [5, 5.41) is 22.4. The zero-order chi connectivity index (χ0) is 14.8. The maximum atomic E-state index is 9.78. The number of phenolic OH excluding ortho intramolecular Hbond substituents is 2. The highest BCUT2D eigenvalue weighted by Gasteiger charge is 2.12. The molecule has 0 aromatic heterocycles. The van der Waals surface area contributed by atoms with Gasteiger partial charge >= 0.3 is 0 Å². The van der Waals surface area contributed by atoms with Crippen molar-refractivity contribution < 1.29 is 10.2 Å². The van der Waals surface area contributed by atoms with E-state index in [9.17, 15) is 10.2 Å². The van der Waals surface area contributed by atoms with Crippen LogP contribution in [0.2, 0.25) is 0 Å². The molecule has 0 aliphatic heterocycles. The first-order valence-corrected chi connectivity index (χ1v) is 8.02. The number of fused-ring (bicyclic) bond motifs is 1. The maximum absolute atomic E-state index is 9.78. The fourth-order valence-corrected chi connectivity index (χ4v) is 3.71. The highest BCUT2D eigenvalue weighted by atomic mass is 32.2. The van der Waals surface area contributed by atoms with Crippen LogP contribution in [0.1, 0.15) is 24.0 Å². The topological polar surface area (TPSA) is 52.5 Å². The Morgan fingerprint density at radius 2 is 1.71 bits per heavy atom. The number of phenols is 2. The Labute approximate surface area is 129 Å². The van der Waals surface area contributed by atoms with Crippen molar-refractivity contribution in [3.63, 3.8) is 0 Å². The molecular formula is C17H19NO2S. The molecule has 21 heavy (non-hydrogen) atoms. The molecule has 0 radical (unpaired) electrons. The van der Waals surface area contributed by atoms with Crippen molar-refractivity contribution in [1.29, 1.82) is 0 Å². The summed E-state index contributed by atoms with van der Waals surface area (Å²) in [4.78, 5) is 2.08. The van der Waals surface area contributed by atoms with Crippen molar-refractivity contribution in [2.45, 2.75) is 35.5 Å². The van der Waals surface area contributed by atoms with Crippen LogP contribution in [0.4, 0.5) is 5.69 Å². The van der Waals surface area contributed by atoms with E-state index >= 15 is 0 Å². The van der Waals surface area contributed by atoms with Gasteiger partial charge in [0.25, 0.3) is 0 Å². The van der Waals surface area contributed by atoms with Crippen molar-refractivity contribution in [3.05, 3.63) is 41.5 Å².